The number of carbonyl (C=O) groups is 1. The Morgan fingerprint density at radius 3 is 2.69 bits per heavy atom. The maximum absolute atomic E-state index is 13.4. The molecule has 0 N–H and O–H groups in total. The lowest BCUT2D eigenvalue weighted by molar-refractivity contribution is 0.0769. The van der Waals surface area contributed by atoms with Gasteiger partial charge in [0.1, 0.15) is 5.75 Å². The minimum atomic E-state index is 0.0971. The quantitative estimate of drug-likeness (QED) is 0.690. The fraction of sp³-hybridized carbons (Fsp3) is 0.391. The van der Waals surface area contributed by atoms with E-state index in [0.29, 0.717) is 23.4 Å². The fourth-order valence-corrected chi connectivity index (χ4v) is 5.27. The highest BCUT2D eigenvalue weighted by atomic mass is 16.5. The average molecular weight is 390 g/mol. The monoisotopic (exact) mass is 390 g/mol. The molecule has 5 rings (SSSR count). The van der Waals surface area contributed by atoms with Crippen LogP contribution in [0, 0.1) is 18.8 Å². The van der Waals surface area contributed by atoms with E-state index < -0.39 is 0 Å². The van der Waals surface area contributed by atoms with Crippen molar-refractivity contribution in [3.63, 3.8) is 0 Å². The van der Waals surface area contributed by atoms with Crippen molar-refractivity contribution in [1.82, 2.24) is 19.4 Å². The van der Waals surface area contributed by atoms with Crippen LogP contribution in [0.5, 0.6) is 5.75 Å². The highest BCUT2D eigenvalue weighted by Gasteiger charge is 2.47. The summed E-state index contributed by atoms with van der Waals surface area (Å²) in [7, 11) is 3.88. The van der Waals surface area contributed by atoms with Crippen molar-refractivity contribution in [2.24, 2.45) is 11.8 Å². The van der Waals surface area contributed by atoms with Gasteiger partial charge in [0, 0.05) is 37.8 Å². The number of rotatable bonds is 3. The molecule has 4 heterocycles. The van der Waals surface area contributed by atoms with Crippen molar-refractivity contribution in [2.75, 3.05) is 33.8 Å². The molecule has 3 atom stereocenters. The van der Waals surface area contributed by atoms with Crippen LogP contribution in [-0.4, -0.2) is 59.1 Å². The molecule has 6 heteroatoms. The number of methoxy groups -OCH3 is 1. The molecular weight excluding hydrogens is 364 g/mol. The lowest BCUT2D eigenvalue weighted by Crippen LogP contribution is -2.33. The van der Waals surface area contributed by atoms with E-state index in [1.165, 1.54) is 5.56 Å². The van der Waals surface area contributed by atoms with Crippen LogP contribution < -0.4 is 4.74 Å². The summed E-state index contributed by atoms with van der Waals surface area (Å²) >= 11 is 0. The Morgan fingerprint density at radius 2 is 1.93 bits per heavy atom. The summed E-state index contributed by atoms with van der Waals surface area (Å²) in [5, 5.41) is 4.38. The van der Waals surface area contributed by atoms with E-state index in [1.54, 1.807) is 17.8 Å². The number of hydrogen-bond donors (Lipinski definition) is 0. The number of fused-ring (bicyclic) bond motifs is 2. The number of pyridine rings is 1. The van der Waals surface area contributed by atoms with E-state index in [2.05, 4.69) is 29.2 Å². The number of carbonyl (C=O) groups excluding carboxylic acids is 1. The van der Waals surface area contributed by atoms with Gasteiger partial charge in [-0.3, -0.25) is 9.69 Å². The predicted octanol–water partition coefficient (Wildman–Crippen LogP) is 3.03. The summed E-state index contributed by atoms with van der Waals surface area (Å²) < 4.78 is 7.10. The van der Waals surface area contributed by atoms with Gasteiger partial charge < -0.3 is 9.64 Å². The van der Waals surface area contributed by atoms with E-state index >= 15 is 0 Å². The van der Waals surface area contributed by atoms with Crippen molar-refractivity contribution in [3.8, 4) is 5.75 Å². The van der Waals surface area contributed by atoms with Crippen LogP contribution in [-0.2, 0) is 0 Å². The van der Waals surface area contributed by atoms with Crippen molar-refractivity contribution >= 4 is 11.4 Å². The zero-order chi connectivity index (χ0) is 20.1. The van der Waals surface area contributed by atoms with Gasteiger partial charge in [-0.25, -0.2) is 4.52 Å². The molecule has 2 aliphatic rings. The lowest BCUT2D eigenvalue weighted by Gasteiger charge is -2.27. The third kappa shape index (κ3) is 2.90. The minimum Gasteiger partial charge on any atom is -0.497 e. The predicted molar refractivity (Wildman–Crippen MR) is 111 cm³/mol. The van der Waals surface area contributed by atoms with Gasteiger partial charge in [0.2, 0.25) is 0 Å². The van der Waals surface area contributed by atoms with Gasteiger partial charge in [0.15, 0.2) is 0 Å². The van der Waals surface area contributed by atoms with E-state index in [0.717, 1.165) is 36.5 Å². The van der Waals surface area contributed by atoms with Crippen LogP contribution >= 0.6 is 0 Å². The molecular formula is C23H26N4O2. The van der Waals surface area contributed by atoms with Crippen LogP contribution in [0.25, 0.3) is 5.52 Å². The summed E-state index contributed by atoms with van der Waals surface area (Å²) in [6.07, 6.45) is 3.61. The summed E-state index contributed by atoms with van der Waals surface area (Å²) in [5.74, 6) is 1.91. The van der Waals surface area contributed by atoms with Gasteiger partial charge in [-0.05, 0) is 49.2 Å². The van der Waals surface area contributed by atoms with Gasteiger partial charge in [0.05, 0.1) is 24.4 Å². The highest BCUT2D eigenvalue weighted by molar-refractivity contribution is 6.01. The number of aromatic nitrogens is 2. The Labute approximate surface area is 170 Å². The molecule has 2 aromatic heterocycles. The molecule has 0 radical (unpaired) electrons. The number of benzene rings is 1. The molecule has 150 valence electrons. The molecule has 3 aromatic rings. The second-order valence-electron chi connectivity index (χ2n) is 8.33. The normalized spacial score (nSPS) is 24.2. The third-order valence-electron chi connectivity index (χ3n) is 6.61. The Kier molecular flexibility index (Phi) is 4.32. The molecule has 2 fully saturated rings. The van der Waals surface area contributed by atoms with Crippen LogP contribution in [0.3, 0.4) is 0 Å². The van der Waals surface area contributed by atoms with Gasteiger partial charge >= 0.3 is 0 Å². The van der Waals surface area contributed by atoms with E-state index in [4.69, 9.17) is 4.74 Å². The fourth-order valence-electron chi connectivity index (χ4n) is 5.27. The molecule has 1 amide bonds. The second kappa shape index (κ2) is 6.88. The zero-order valence-electron chi connectivity index (χ0n) is 17.1. The van der Waals surface area contributed by atoms with Crippen LogP contribution in [0.1, 0.15) is 27.5 Å². The summed E-state index contributed by atoms with van der Waals surface area (Å²) in [4.78, 5) is 17.8. The van der Waals surface area contributed by atoms with Crippen LogP contribution in [0.15, 0.2) is 48.8 Å². The Hall–Kier alpha value is -2.86. The molecule has 2 aliphatic heterocycles. The molecule has 6 nitrogen and oxygen atoms in total. The second-order valence-corrected chi connectivity index (χ2v) is 8.33. The van der Waals surface area contributed by atoms with Crippen molar-refractivity contribution in [2.45, 2.75) is 13.0 Å². The van der Waals surface area contributed by atoms with Crippen molar-refractivity contribution < 1.29 is 9.53 Å². The Morgan fingerprint density at radius 1 is 1.14 bits per heavy atom. The molecule has 2 saturated heterocycles. The smallest absolute Gasteiger partial charge is 0.257 e. The largest absolute Gasteiger partial charge is 0.497 e. The van der Waals surface area contributed by atoms with Crippen molar-refractivity contribution in [1.29, 1.82) is 0 Å². The number of amides is 1. The Balaban J connectivity index is 1.40. The first-order valence-electron chi connectivity index (χ1n) is 10.1. The Bertz CT molecular complexity index is 1060. The molecule has 1 aromatic carbocycles. The summed E-state index contributed by atoms with van der Waals surface area (Å²) in [6.45, 7) is 4.64. The van der Waals surface area contributed by atoms with E-state index in [-0.39, 0.29) is 5.91 Å². The third-order valence-corrected chi connectivity index (χ3v) is 6.61. The number of nitrogens with zero attached hydrogens (tertiary/aromatic N) is 4. The number of aryl methyl sites for hydroxylation is 1. The maximum Gasteiger partial charge on any atom is 0.257 e. The lowest BCUT2D eigenvalue weighted by atomic mass is 9.89. The zero-order valence-corrected chi connectivity index (χ0v) is 17.1. The SMILES string of the molecule is COc1ccc([C@H]2[C@@H]3CN(C(=O)c4cnn5cccc(C)c45)C[C@@H]3CN2C)cc1. The first kappa shape index (κ1) is 18.2. The number of hydrogen-bond acceptors (Lipinski definition) is 4. The van der Waals surface area contributed by atoms with Gasteiger partial charge in [-0.15, -0.1) is 0 Å². The first-order valence-corrected chi connectivity index (χ1v) is 10.1. The van der Waals surface area contributed by atoms with Crippen LogP contribution in [0.2, 0.25) is 0 Å². The summed E-state index contributed by atoms with van der Waals surface area (Å²) in [6, 6.07) is 12.7. The standard InChI is InChI=1S/C23H26N4O2/c1-15-5-4-10-27-21(15)19(11-24-27)23(28)26-13-17-12-25(2)22(20(17)14-26)16-6-8-18(29-3)9-7-16/h4-11,17,20,22H,12-14H2,1-3H3/t17-,20+,22-/m0/s1. The van der Waals surface area contributed by atoms with Crippen molar-refractivity contribution in [3.05, 3.63) is 65.5 Å². The maximum atomic E-state index is 13.4. The van der Waals surface area contributed by atoms with Crippen LogP contribution in [0.4, 0.5) is 0 Å². The molecule has 0 spiro atoms. The molecule has 0 unspecified atom stereocenters. The topological polar surface area (TPSA) is 50.1 Å². The number of likely N-dealkylation sites (tertiary alicyclic amines) is 2. The van der Waals surface area contributed by atoms with Gasteiger partial charge in [-0.2, -0.15) is 5.10 Å². The molecule has 0 bridgehead atoms. The molecule has 0 saturated carbocycles. The molecule has 0 aliphatic carbocycles. The summed E-state index contributed by atoms with van der Waals surface area (Å²) in [5.41, 5.74) is 3.99. The number of ether oxygens (including phenoxy) is 1. The minimum absolute atomic E-state index is 0.0971. The highest BCUT2D eigenvalue weighted by Crippen LogP contribution is 2.44. The molecule has 29 heavy (non-hydrogen) atoms. The average Bonchev–Trinajstić information content (AvgIpc) is 3.40. The van der Waals surface area contributed by atoms with E-state index in [9.17, 15) is 4.79 Å². The van der Waals surface area contributed by atoms with Gasteiger partial charge in [-0.1, -0.05) is 18.2 Å². The van der Waals surface area contributed by atoms with E-state index in [1.807, 2.05) is 42.3 Å². The first-order chi connectivity index (χ1) is 14.1. The van der Waals surface area contributed by atoms with Gasteiger partial charge in [0.25, 0.3) is 5.91 Å².